The number of ether oxygens (including phenoxy) is 1. The molecule has 2 aromatic rings. The van der Waals surface area contributed by atoms with Crippen molar-refractivity contribution >= 4 is 12.0 Å². The standard InChI is InChI=1S/C18H19N5O3/c19-10-14-2-4-15(5-3-14)11-23-16(12-26-18(23)25)17(24)21-6-1-8-22-9-7-20-13-22/h2-5,7,9,13,16H,1,6,8,11-12H2,(H,21,24)/t16-/m0/s1. The number of carbonyl (C=O) groups excluding carboxylic acids is 2. The third-order valence-corrected chi connectivity index (χ3v) is 4.17. The second kappa shape index (κ2) is 8.16. The van der Waals surface area contributed by atoms with Crippen molar-refractivity contribution in [2.24, 2.45) is 0 Å². The van der Waals surface area contributed by atoms with Crippen molar-refractivity contribution in [3.63, 3.8) is 0 Å². The topological polar surface area (TPSA) is 100 Å². The Morgan fingerprint density at radius 3 is 2.88 bits per heavy atom. The molecule has 8 nitrogen and oxygen atoms in total. The fourth-order valence-corrected chi connectivity index (χ4v) is 2.73. The van der Waals surface area contributed by atoms with Crippen molar-refractivity contribution in [3.05, 3.63) is 54.1 Å². The van der Waals surface area contributed by atoms with Crippen molar-refractivity contribution in [3.8, 4) is 6.07 Å². The van der Waals surface area contributed by atoms with E-state index in [1.54, 1.807) is 36.8 Å². The summed E-state index contributed by atoms with van der Waals surface area (Å²) in [5.41, 5.74) is 1.38. The highest BCUT2D eigenvalue weighted by atomic mass is 16.6. The number of imidazole rings is 1. The number of benzene rings is 1. The number of aromatic nitrogens is 2. The van der Waals surface area contributed by atoms with E-state index in [0.717, 1.165) is 18.5 Å². The van der Waals surface area contributed by atoms with E-state index in [4.69, 9.17) is 10.00 Å². The van der Waals surface area contributed by atoms with Crippen LogP contribution in [0.3, 0.4) is 0 Å². The first-order valence-corrected chi connectivity index (χ1v) is 8.33. The molecule has 134 valence electrons. The number of nitrogens with one attached hydrogen (secondary N) is 1. The number of amides is 2. The Bertz CT molecular complexity index is 795. The van der Waals surface area contributed by atoms with Crippen molar-refractivity contribution in [1.29, 1.82) is 5.26 Å². The monoisotopic (exact) mass is 353 g/mol. The summed E-state index contributed by atoms with van der Waals surface area (Å²) in [5.74, 6) is -0.227. The SMILES string of the molecule is N#Cc1ccc(CN2C(=O)OC[C@H]2C(=O)NCCCn2ccnc2)cc1. The first kappa shape index (κ1) is 17.5. The minimum atomic E-state index is -0.647. The molecule has 3 rings (SSSR count). The van der Waals surface area contributed by atoms with E-state index in [1.165, 1.54) is 4.90 Å². The molecule has 0 radical (unpaired) electrons. The highest BCUT2D eigenvalue weighted by molar-refractivity contribution is 5.87. The maximum atomic E-state index is 12.4. The fraction of sp³-hybridized carbons (Fsp3) is 0.333. The van der Waals surface area contributed by atoms with Crippen molar-refractivity contribution in [1.82, 2.24) is 19.8 Å². The summed E-state index contributed by atoms with van der Waals surface area (Å²) < 4.78 is 6.98. The minimum Gasteiger partial charge on any atom is -0.447 e. The molecule has 26 heavy (non-hydrogen) atoms. The van der Waals surface area contributed by atoms with Crippen LogP contribution in [0.2, 0.25) is 0 Å². The van der Waals surface area contributed by atoms with E-state index in [9.17, 15) is 9.59 Å². The lowest BCUT2D eigenvalue weighted by molar-refractivity contribution is -0.125. The zero-order valence-corrected chi connectivity index (χ0v) is 14.2. The molecule has 1 N–H and O–H groups in total. The molecule has 1 aromatic carbocycles. The van der Waals surface area contributed by atoms with E-state index < -0.39 is 12.1 Å². The van der Waals surface area contributed by atoms with E-state index in [-0.39, 0.29) is 19.1 Å². The number of rotatable bonds is 7. The number of hydrogen-bond donors (Lipinski definition) is 1. The molecule has 0 bridgehead atoms. The molecule has 1 fully saturated rings. The van der Waals surface area contributed by atoms with Crippen LogP contribution in [0.25, 0.3) is 0 Å². The Labute approximate surface area is 151 Å². The number of hydrogen-bond acceptors (Lipinski definition) is 5. The van der Waals surface area contributed by atoms with Gasteiger partial charge >= 0.3 is 6.09 Å². The maximum absolute atomic E-state index is 12.4. The van der Waals surface area contributed by atoms with Gasteiger partial charge in [0.15, 0.2) is 0 Å². The highest BCUT2D eigenvalue weighted by Gasteiger charge is 2.37. The van der Waals surface area contributed by atoms with Gasteiger partial charge in [-0.25, -0.2) is 9.78 Å². The van der Waals surface area contributed by atoms with Gasteiger partial charge in [-0.2, -0.15) is 5.26 Å². The molecule has 8 heteroatoms. The van der Waals surface area contributed by atoms with Gasteiger partial charge in [0, 0.05) is 25.5 Å². The number of nitrogens with zero attached hydrogens (tertiary/aromatic N) is 4. The molecule has 1 aliphatic rings. The van der Waals surface area contributed by atoms with Crippen LogP contribution in [0.4, 0.5) is 4.79 Å². The molecule has 0 aliphatic carbocycles. The molecule has 2 heterocycles. The molecule has 1 atom stereocenters. The molecule has 0 saturated carbocycles. The highest BCUT2D eigenvalue weighted by Crippen LogP contribution is 2.17. The Hall–Kier alpha value is -3.34. The average Bonchev–Trinajstić information content (AvgIpc) is 3.30. The van der Waals surface area contributed by atoms with Gasteiger partial charge in [-0.15, -0.1) is 0 Å². The molecule has 1 aliphatic heterocycles. The average molecular weight is 353 g/mol. The first-order chi connectivity index (χ1) is 12.7. The van der Waals surface area contributed by atoms with E-state index in [0.29, 0.717) is 12.1 Å². The third-order valence-electron chi connectivity index (χ3n) is 4.17. The normalized spacial score (nSPS) is 16.2. The zero-order valence-electron chi connectivity index (χ0n) is 14.2. The summed E-state index contributed by atoms with van der Waals surface area (Å²) in [6, 6.07) is 8.30. The number of aryl methyl sites for hydroxylation is 1. The van der Waals surface area contributed by atoms with Gasteiger partial charge in [0.1, 0.15) is 12.6 Å². The van der Waals surface area contributed by atoms with Gasteiger partial charge in [-0.1, -0.05) is 12.1 Å². The van der Waals surface area contributed by atoms with Gasteiger partial charge in [-0.05, 0) is 24.1 Å². The predicted molar refractivity (Wildman–Crippen MR) is 91.7 cm³/mol. The fourth-order valence-electron chi connectivity index (χ4n) is 2.73. The van der Waals surface area contributed by atoms with Crippen LogP contribution in [0.15, 0.2) is 43.0 Å². The maximum Gasteiger partial charge on any atom is 0.410 e. The number of nitriles is 1. The third kappa shape index (κ3) is 4.19. The smallest absolute Gasteiger partial charge is 0.410 e. The van der Waals surface area contributed by atoms with Crippen molar-refractivity contribution in [2.45, 2.75) is 25.6 Å². The Morgan fingerprint density at radius 1 is 1.38 bits per heavy atom. The van der Waals surface area contributed by atoms with Crippen LogP contribution < -0.4 is 5.32 Å². The lowest BCUT2D eigenvalue weighted by atomic mass is 10.1. The number of carbonyl (C=O) groups is 2. The zero-order chi connectivity index (χ0) is 18.4. The van der Waals surface area contributed by atoms with Crippen LogP contribution in [0, 0.1) is 11.3 Å². The largest absolute Gasteiger partial charge is 0.447 e. The lowest BCUT2D eigenvalue weighted by Gasteiger charge is -2.21. The van der Waals surface area contributed by atoms with Gasteiger partial charge in [-0.3, -0.25) is 9.69 Å². The summed E-state index contributed by atoms with van der Waals surface area (Å²) in [7, 11) is 0. The number of cyclic esters (lactones) is 1. The van der Waals surface area contributed by atoms with Crippen LogP contribution in [0.5, 0.6) is 0 Å². The van der Waals surface area contributed by atoms with Crippen molar-refractivity contribution < 1.29 is 14.3 Å². The van der Waals surface area contributed by atoms with Gasteiger partial charge in [0.05, 0.1) is 24.5 Å². The molecule has 1 aromatic heterocycles. The van der Waals surface area contributed by atoms with Gasteiger partial charge < -0.3 is 14.6 Å². The molecular formula is C18H19N5O3. The van der Waals surface area contributed by atoms with Gasteiger partial charge in [0.25, 0.3) is 0 Å². The minimum absolute atomic E-state index is 0.0441. The second-order valence-corrected chi connectivity index (χ2v) is 5.97. The van der Waals surface area contributed by atoms with Crippen LogP contribution in [-0.2, 0) is 22.6 Å². The summed E-state index contributed by atoms with van der Waals surface area (Å²) >= 11 is 0. The Morgan fingerprint density at radius 2 is 2.19 bits per heavy atom. The summed E-state index contributed by atoms with van der Waals surface area (Å²) in [6.07, 6.45) is 5.56. The van der Waals surface area contributed by atoms with Crippen LogP contribution >= 0.6 is 0 Å². The molecule has 2 amide bonds. The second-order valence-electron chi connectivity index (χ2n) is 5.97. The van der Waals surface area contributed by atoms with E-state index in [2.05, 4.69) is 10.3 Å². The van der Waals surface area contributed by atoms with E-state index in [1.807, 2.05) is 16.8 Å². The van der Waals surface area contributed by atoms with Crippen LogP contribution in [-0.4, -0.2) is 45.6 Å². The first-order valence-electron chi connectivity index (χ1n) is 8.33. The van der Waals surface area contributed by atoms with Crippen LogP contribution in [0.1, 0.15) is 17.5 Å². The Kier molecular flexibility index (Phi) is 5.49. The van der Waals surface area contributed by atoms with Gasteiger partial charge in [0.2, 0.25) is 5.91 Å². The summed E-state index contributed by atoms with van der Waals surface area (Å²) in [5, 5.41) is 11.7. The molecule has 0 unspecified atom stereocenters. The van der Waals surface area contributed by atoms with E-state index >= 15 is 0 Å². The quantitative estimate of drug-likeness (QED) is 0.756. The molecule has 1 saturated heterocycles. The summed E-state index contributed by atoms with van der Waals surface area (Å²) in [6.45, 7) is 1.57. The predicted octanol–water partition coefficient (Wildman–Crippen LogP) is 1.28. The van der Waals surface area contributed by atoms with Crippen molar-refractivity contribution in [2.75, 3.05) is 13.2 Å². The Balaban J connectivity index is 1.52. The lowest BCUT2D eigenvalue weighted by Crippen LogP contribution is -2.45. The molecule has 0 spiro atoms. The summed E-state index contributed by atoms with van der Waals surface area (Å²) in [4.78, 5) is 29.7. The molecular weight excluding hydrogens is 334 g/mol.